The molecule has 1 N–H and O–H groups in total. The Morgan fingerprint density at radius 2 is 2.00 bits per heavy atom. The summed E-state index contributed by atoms with van der Waals surface area (Å²) in [6.45, 7) is 4.49. The van der Waals surface area contributed by atoms with E-state index < -0.39 is 0 Å². The van der Waals surface area contributed by atoms with Crippen molar-refractivity contribution in [1.82, 2.24) is 10.4 Å². The van der Waals surface area contributed by atoms with Crippen molar-refractivity contribution in [1.29, 1.82) is 0 Å². The summed E-state index contributed by atoms with van der Waals surface area (Å²) in [5.74, 6) is 1.03. The summed E-state index contributed by atoms with van der Waals surface area (Å²) in [4.78, 5) is 17.5. The first kappa shape index (κ1) is 20.5. The van der Waals surface area contributed by atoms with Crippen molar-refractivity contribution in [2.75, 3.05) is 13.7 Å². The largest absolute Gasteiger partial charge is 0.493 e. The fourth-order valence-corrected chi connectivity index (χ4v) is 3.58. The van der Waals surface area contributed by atoms with Crippen LogP contribution < -0.4 is 14.9 Å². The Morgan fingerprint density at radius 3 is 2.72 bits per heavy atom. The van der Waals surface area contributed by atoms with Crippen LogP contribution in [0.15, 0.2) is 53.6 Å². The first-order valence-electron chi connectivity index (χ1n) is 9.29. The Hall–Kier alpha value is -3.19. The SMILES string of the molecule is CCCOc1ccc(/C=N/NC(=O)c2sc(-c3ccccc3)nc2C)cc1OC. The standard InChI is InChI=1S/C22H23N3O3S/c1-4-12-28-18-11-10-16(13-19(18)27-3)14-23-25-21(26)20-15(2)24-22(29-20)17-8-6-5-7-9-17/h5-11,13-14H,4,12H2,1-3H3,(H,25,26)/b23-14+. The highest BCUT2D eigenvalue weighted by atomic mass is 32.1. The molecule has 1 aromatic heterocycles. The van der Waals surface area contributed by atoms with E-state index in [9.17, 15) is 4.79 Å². The normalized spacial score (nSPS) is 10.9. The second-order valence-electron chi connectivity index (χ2n) is 6.26. The molecule has 0 radical (unpaired) electrons. The van der Waals surface area contributed by atoms with Crippen molar-refractivity contribution in [3.05, 3.63) is 64.7 Å². The van der Waals surface area contributed by atoms with Gasteiger partial charge in [0.25, 0.3) is 5.91 Å². The zero-order chi connectivity index (χ0) is 20.6. The lowest BCUT2D eigenvalue weighted by Gasteiger charge is -2.10. The number of benzene rings is 2. The zero-order valence-corrected chi connectivity index (χ0v) is 17.5. The number of thiazole rings is 1. The third kappa shape index (κ3) is 5.20. The molecule has 0 saturated heterocycles. The van der Waals surface area contributed by atoms with Crippen molar-refractivity contribution < 1.29 is 14.3 Å². The van der Waals surface area contributed by atoms with Gasteiger partial charge in [0.05, 0.1) is 25.6 Å². The monoisotopic (exact) mass is 409 g/mol. The molecule has 0 spiro atoms. The van der Waals surface area contributed by atoms with Crippen molar-refractivity contribution in [2.45, 2.75) is 20.3 Å². The molecule has 150 valence electrons. The molecule has 29 heavy (non-hydrogen) atoms. The van der Waals surface area contributed by atoms with Crippen molar-refractivity contribution in [2.24, 2.45) is 5.10 Å². The molecule has 3 rings (SSSR count). The number of rotatable bonds is 8. The summed E-state index contributed by atoms with van der Waals surface area (Å²) in [5, 5.41) is 4.88. The van der Waals surface area contributed by atoms with E-state index in [0.29, 0.717) is 28.7 Å². The van der Waals surface area contributed by atoms with Gasteiger partial charge in [0.2, 0.25) is 0 Å². The van der Waals surface area contributed by atoms with Gasteiger partial charge in [-0.1, -0.05) is 37.3 Å². The maximum Gasteiger partial charge on any atom is 0.283 e. The van der Waals surface area contributed by atoms with Crippen LogP contribution in [0.5, 0.6) is 11.5 Å². The van der Waals surface area contributed by atoms with E-state index in [-0.39, 0.29) is 5.91 Å². The smallest absolute Gasteiger partial charge is 0.283 e. The average molecular weight is 410 g/mol. The van der Waals surface area contributed by atoms with Gasteiger partial charge in [0.15, 0.2) is 11.5 Å². The number of aromatic nitrogens is 1. The Bertz CT molecular complexity index is 1000. The molecule has 0 saturated carbocycles. The number of carbonyl (C=O) groups is 1. The average Bonchev–Trinajstić information content (AvgIpc) is 3.15. The summed E-state index contributed by atoms with van der Waals surface area (Å²) in [7, 11) is 1.59. The Morgan fingerprint density at radius 1 is 1.21 bits per heavy atom. The second-order valence-corrected chi connectivity index (χ2v) is 7.26. The van der Waals surface area contributed by atoms with Crippen LogP contribution in [0, 0.1) is 6.92 Å². The third-order valence-corrected chi connectivity index (χ3v) is 5.26. The number of hydrogen-bond acceptors (Lipinski definition) is 6. The number of nitrogens with zero attached hydrogens (tertiary/aromatic N) is 2. The summed E-state index contributed by atoms with van der Waals surface area (Å²) >= 11 is 1.35. The number of methoxy groups -OCH3 is 1. The van der Waals surface area contributed by atoms with Gasteiger partial charge in [-0.2, -0.15) is 5.10 Å². The quantitative estimate of drug-likeness (QED) is 0.433. The molecule has 1 heterocycles. The van der Waals surface area contributed by atoms with Gasteiger partial charge in [-0.25, -0.2) is 10.4 Å². The fourth-order valence-electron chi connectivity index (χ4n) is 2.62. The lowest BCUT2D eigenvalue weighted by atomic mass is 10.2. The zero-order valence-electron chi connectivity index (χ0n) is 16.6. The highest BCUT2D eigenvalue weighted by Crippen LogP contribution is 2.28. The molecule has 7 heteroatoms. The number of hydrazone groups is 1. The van der Waals surface area contributed by atoms with Crippen LogP contribution >= 0.6 is 11.3 Å². The number of hydrogen-bond donors (Lipinski definition) is 1. The molecule has 3 aromatic rings. The van der Waals surface area contributed by atoms with E-state index in [1.54, 1.807) is 13.3 Å². The highest BCUT2D eigenvalue weighted by molar-refractivity contribution is 7.17. The molecule has 6 nitrogen and oxygen atoms in total. The van der Waals surface area contributed by atoms with Gasteiger partial charge >= 0.3 is 0 Å². The molecular formula is C22H23N3O3S. The molecule has 0 unspecified atom stereocenters. The maximum atomic E-state index is 12.5. The van der Waals surface area contributed by atoms with E-state index >= 15 is 0 Å². The van der Waals surface area contributed by atoms with Crippen LogP contribution in [0.2, 0.25) is 0 Å². The second kappa shape index (κ2) is 9.84. The van der Waals surface area contributed by atoms with Crippen LogP contribution in [-0.4, -0.2) is 30.8 Å². The molecule has 0 atom stereocenters. The summed E-state index contributed by atoms with van der Waals surface area (Å²) in [6.07, 6.45) is 2.49. The predicted octanol–water partition coefficient (Wildman–Crippen LogP) is 4.68. The predicted molar refractivity (Wildman–Crippen MR) is 116 cm³/mol. The minimum atomic E-state index is -0.284. The minimum Gasteiger partial charge on any atom is -0.493 e. The molecule has 0 fully saturated rings. The van der Waals surface area contributed by atoms with E-state index in [1.807, 2.05) is 62.4 Å². The maximum absolute atomic E-state index is 12.5. The van der Waals surface area contributed by atoms with E-state index in [2.05, 4.69) is 15.5 Å². The van der Waals surface area contributed by atoms with Crippen molar-refractivity contribution >= 4 is 23.5 Å². The lowest BCUT2D eigenvalue weighted by Crippen LogP contribution is -2.17. The van der Waals surface area contributed by atoms with Crippen LogP contribution in [0.1, 0.15) is 34.3 Å². The number of carbonyl (C=O) groups excluding carboxylic acids is 1. The number of aryl methyl sites for hydroxylation is 1. The van der Waals surface area contributed by atoms with Crippen molar-refractivity contribution in [3.63, 3.8) is 0 Å². The van der Waals surface area contributed by atoms with E-state index in [4.69, 9.17) is 9.47 Å². The van der Waals surface area contributed by atoms with Gasteiger partial charge in [-0.15, -0.1) is 11.3 Å². The van der Waals surface area contributed by atoms with Gasteiger partial charge in [-0.3, -0.25) is 4.79 Å². The van der Waals surface area contributed by atoms with Gasteiger partial charge in [0.1, 0.15) is 9.88 Å². The van der Waals surface area contributed by atoms with Crippen LogP contribution in [0.4, 0.5) is 0 Å². The molecule has 0 aliphatic carbocycles. The van der Waals surface area contributed by atoms with Gasteiger partial charge < -0.3 is 9.47 Å². The summed E-state index contributed by atoms with van der Waals surface area (Å²) < 4.78 is 11.0. The van der Waals surface area contributed by atoms with Crippen LogP contribution in [0.25, 0.3) is 10.6 Å². The molecule has 0 aliphatic heterocycles. The molecule has 1 amide bonds. The molecular weight excluding hydrogens is 386 g/mol. The minimum absolute atomic E-state index is 0.284. The number of nitrogens with one attached hydrogen (secondary N) is 1. The van der Waals surface area contributed by atoms with E-state index in [0.717, 1.165) is 22.6 Å². The van der Waals surface area contributed by atoms with Gasteiger partial charge in [-0.05, 0) is 37.1 Å². The molecule has 0 bridgehead atoms. The highest BCUT2D eigenvalue weighted by Gasteiger charge is 2.15. The Balaban J connectivity index is 1.68. The number of ether oxygens (including phenoxy) is 2. The van der Waals surface area contributed by atoms with Crippen LogP contribution in [0.3, 0.4) is 0 Å². The van der Waals surface area contributed by atoms with Gasteiger partial charge in [0, 0.05) is 5.56 Å². The van der Waals surface area contributed by atoms with Crippen molar-refractivity contribution in [3.8, 4) is 22.1 Å². The number of amides is 1. The molecule has 2 aromatic carbocycles. The first-order valence-corrected chi connectivity index (χ1v) is 10.1. The van der Waals surface area contributed by atoms with Crippen LogP contribution in [-0.2, 0) is 0 Å². The molecule has 0 aliphatic rings. The first-order chi connectivity index (χ1) is 14.1. The Labute approximate surface area is 174 Å². The summed E-state index contributed by atoms with van der Waals surface area (Å²) in [6, 6.07) is 15.3. The Kier molecular flexibility index (Phi) is 6.97. The van der Waals surface area contributed by atoms with E-state index in [1.165, 1.54) is 11.3 Å². The third-order valence-electron chi connectivity index (χ3n) is 4.05. The lowest BCUT2D eigenvalue weighted by molar-refractivity contribution is 0.0958. The topological polar surface area (TPSA) is 72.8 Å². The fraction of sp³-hybridized carbons (Fsp3) is 0.227. The summed E-state index contributed by atoms with van der Waals surface area (Å²) in [5.41, 5.74) is 5.03.